The Hall–Kier alpha value is -1.00. The van der Waals surface area contributed by atoms with E-state index in [0.717, 1.165) is 12.0 Å². The average molecular weight is 212 g/mol. The number of rotatable bonds is 5. The molecule has 0 aliphatic carbocycles. The highest BCUT2D eigenvalue weighted by atomic mass is 19.1. The Bertz CT molecular complexity index is 302. The van der Waals surface area contributed by atoms with Gasteiger partial charge in [-0.2, -0.15) is 0 Å². The number of aromatic nitrogens is 1. The number of nitrogens with zero attached hydrogens (tertiary/aromatic N) is 1. The van der Waals surface area contributed by atoms with Gasteiger partial charge in [0.15, 0.2) is 0 Å². The van der Waals surface area contributed by atoms with Crippen LogP contribution in [0.15, 0.2) is 18.5 Å². The smallest absolute Gasteiger partial charge is 0.141 e. The Morgan fingerprint density at radius 2 is 2.27 bits per heavy atom. The molecule has 1 heterocycles. The van der Waals surface area contributed by atoms with E-state index < -0.39 is 0 Å². The van der Waals surface area contributed by atoms with Crippen molar-refractivity contribution in [3.63, 3.8) is 0 Å². The van der Waals surface area contributed by atoms with Crippen molar-refractivity contribution in [2.75, 3.05) is 6.61 Å². The Morgan fingerprint density at radius 3 is 2.80 bits per heavy atom. The molecule has 0 bridgehead atoms. The Morgan fingerprint density at radius 1 is 1.53 bits per heavy atom. The molecule has 0 aromatic carbocycles. The number of hydrogen-bond donors (Lipinski definition) is 2. The zero-order valence-electron chi connectivity index (χ0n) is 9.07. The van der Waals surface area contributed by atoms with Crippen LogP contribution < -0.4 is 5.32 Å². The molecule has 0 saturated heterocycles. The number of halogens is 1. The summed E-state index contributed by atoms with van der Waals surface area (Å²) in [6, 6.07) is 1.49. The highest BCUT2D eigenvalue weighted by Gasteiger charge is 2.11. The summed E-state index contributed by atoms with van der Waals surface area (Å²) in [4.78, 5) is 3.79. The van der Waals surface area contributed by atoms with E-state index in [0.29, 0.717) is 0 Å². The van der Waals surface area contributed by atoms with Crippen LogP contribution in [0.1, 0.15) is 31.9 Å². The van der Waals surface area contributed by atoms with Crippen molar-refractivity contribution in [3.8, 4) is 0 Å². The van der Waals surface area contributed by atoms with Crippen LogP contribution in [-0.2, 0) is 0 Å². The lowest BCUT2D eigenvalue weighted by molar-refractivity contribution is 0.230. The maximum Gasteiger partial charge on any atom is 0.141 e. The topological polar surface area (TPSA) is 45.1 Å². The second-order valence-electron chi connectivity index (χ2n) is 3.61. The molecule has 0 radical (unpaired) electrons. The van der Waals surface area contributed by atoms with E-state index in [1.807, 2.05) is 13.8 Å². The predicted octanol–water partition coefficient (Wildman–Crippen LogP) is 1.64. The fraction of sp³-hybridized carbons (Fsp3) is 0.545. The summed E-state index contributed by atoms with van der Waals surface area (Å²) < 4.78 is 12.9. The van der Waals surface area contributed by atoms with Gasteiger partial charge < -0.3 is 10.4 Å². The van der Waals surface area contributed by atoms with Crippen molar-refractivity contribution in [3.05, 3.63) is 29.8 Å². The van der Waals surface area contributed by atoms with Crippen molar-refractivity contribution in [1.29, 1.82) is 0 Å². The van der Waals surface area contributed by atoms with Crippen molar-refractivity contribution in [2.45, 2.75) is 32.4 Å². The molecule has 0 spiro atoms. The van der Waals surface area contributed by atoms with Gasteiger partial charge in [-0.15, -0.1) is 0 Å². The molecule has 2 atom stereocenters. The molecule has 0 amide bonds. The monoisotopic (exact) mass is 212 g/mol. The largest absolute Gasteiger partial charge is 0.395 e. The molecule has 1 rings (SSSR count). The van der Waals surface area contributed by atoms with Gasteiger partial charge in [0.05, 0.1) is 12.8 Å². The third-order valence-electron chi connectivity index (χ3n) is 2.42. The van der Waals surface area contributed by atoms with E-state index in [2.05, 4.69) is 10.3 Å². The first-order valence-corrected chi connectivity index (χ1v) is 5.14. The first-order valence-electron chi connectivity index (χ1n) is 5.14. The molecule has 1 unspecified atom stereocenters. The van der Waals surface area contributed by atoms with Crippen LogP contribution >= 0.6 is 0 Å². The second-order valence-corrected chi connectivity index (χ2v) is 3.61. The number of aliphatic hydroxyl groups is 1. The van der Waals surface area contributed by atoms with E-state index in [-0.39, 0.29) is 24.5 Å². The number of pyridine rings is 1. The van der Waals surface area contributed by atoms with E-state index in [1.165, 1.54) is 12.3 Å². The minimum atomic E-state index is -0.335. The zero-order chi connectivity index (χ0) is 11.3. The molecule has 0 saturated carbocycles. The minimum Gasteiger partial charge on any atom is -0.395 e. The molecule has 3 nitrogen and oxygen atoms in total. The number of nitrogens with one attached hydrogen (secondary N) is 1. The van der Waals surface area contributed by atoms with Crippen molar-refractivity contribution in [1.82, 2.24) is 10.3 Å². The van der Waals surface area contributed by atoms with Gasteiger partial charge in [0, 0.05) is 18.3 Å². The summed E-state index contributed by atoms with van der Waals surface area (Å²) in [5.41, 5.74) is 0.793. The molecule has 15 heavy (non-hydrogen) atoms. The first-order chi connectivity index (χ1) is 7.17. The molecule has 0 aliphatic rings. The van der Waals surface area contributed by atoms with Gasteiger partial charge in [0.25, 0.3) is 0 Å². The van der Waals surface area contributed by atoms with Gasteiger partial charge >= 0.3 is 0 Å². The molecule has 0 aliphatic heterocycles. The van der Waals surface area contributed by atoms with E-state index >= 15 is 0 Å². The predicted molar refractivity (Wildman–Crippen MR) is 56.9 cm³/mol. The third kappa shape index (κ3) is 3.57. The quantitative estimate of drug-likeness (QED) is 0.780. The summed E-state index contributed by atoms with van der Waals surface area (Å²) in [5.74, 6) is -0.335. The van der Waals surface area contributed by atoms with Gasteiger partial charge in [-0.3, -0.25) is 4.98 Å². The summed E-state index contributed by atoms with van der Waals surface area (Å²) in [6.45, 7) is 4.00. The van der Waals surface area contributed by atoms with Gasteiger partial charge in [-0.05, 0) is 25.0 Å². The maximum absolute atomic E-state index is 12.9. The number of hydrogen-bond acceptors (Lipinski definition) is 3. The van der Waals surface area contributed by atoms with Crippen LogP contribution in [0.5, 0.6) is 0 Å². The van der Waals surface area contributed by atoms with Gasteiger partial charge in [-0.1, -0.05) is 6.92 Å². The van der Waals surface area contributed by atoms with E-state index in [4.69, 9.17) is 5.11 Å². The van der Waals surface area contributed by atoms with Gasteiger partial charge in [0.2, 0.25) is 0 Å². The highest BCUT2D eigenvalue weighted by molar-refractivity contribution is 5.14. The fourth-order valence-corrected chi connectivity index (χ4v) is 1.41. The highest BCUT2D eigenvalue weighted by Crippen LogP contribution is 2.13. The summed E-state index contributed by atoms with van der Waals surface area (Å²) in [5, 5.41) is 12.2. The van der Waals surface area contributed by atoms with Crippen LogP contribution in [0.25, 0.3) is 0 Å². The van der Waals surface area contributed by atoms with Crippen molar-refractivity contribution in [2.24, 2.45) is 0 Å². The zero-order valence-corrected chi connectivity index (χ0v) is 9.07. The standard InChI is InChI=1S/C11H17FN2O/c1-3-11(7-15)14-8(2)9-4-10(12)6-13-5-9/h4-6,8,11,14-15H,3,7H2,1-2H3/t8?,11-/m1/s1. The van der Waals surface area contributed by atoms with Crippen LogP contribution in [-0.4, -0.2) is 22.7 Å². The number of aliphatic hydroxyl groups excluding tert-OH is 1. The molecular formula is C11H17FN2O. The molecule has 1 aromatic heterocycles. The lowest BCUT2D eigenvalue weighted by Gasteiger charge is -2.20. The summed E-state index contributed by atoms with van der Waals surface area (Å²) >= 11 is 0. The maximum atomic E-state index is 12.9. The van der Waals surface area contributed by atoms with E-state index in [9.17, 15) is 4.39 Å². The van der Waals surface area contributed by atoms with Crippen LogP contribution in [0.4, 0.5) is 4.39 Å². The minimum absolute atomic E-state index is 0.00898. The second kappa shape index (κ2) is 5.78. The average Bonchev–Trinajstić information content (AvgIpc) is 2.25. The summed E-state index contributed by atoms with van der Waals surface area (Å²) in [7, 11) is 0. The molecule has 2 N–H and O–H groups in total. The van der Waals surface area contributed by atoms with Crippen LogP contribution in [0.2, 0.25) is 0 Å². The van der Waals surface area contributed by atoms with Crippen molar-refractivity contribution < 1.29 is 9.50 Å². The molecule has 4 heteroatoms. The Balaban J connectivity index is 2.64. The SMILES string of the molecule is CC[C@H](CO)NC(C)c1cncc(F)c1. The lowest BCUT2D eigenvalue weighted by atomic mass is 10.1. The molecule has 0 fully saturated rings. The summed E-state index contributed by atoms with van der Waals surface area (Å²) in [6.07, 6.45) is 3.65. The van der Waals surface area contributed by atoms with E-state index in [1.54, 1.807) is 6.20 Å². The Labute approximate surface area is 89.4 Å². The first kappa shape index (κ1) is 12.1. The molecule has 84 valence electrons. The third-order valence-corrected chi connectivity index (χ3v) is 2.42. The normalized spacial score (nSPS) is 14.9. The van der Waals surface area contributed by atoms with Gasteiger partial charge in [-0.25, -0.2) is 4.39 Å². The van der Waals surface area contributed by atoms with Crippen LogP contribution in [0, 0.1) is 5.82 Å². The van der Waals surface area contributed by atoms with Gasteiger partial charge in [0.1, 0.15) is 5.82 Å². The van der Waals surface area contributed by atoms with Crippen LogP contribution in [0.3, 0.4) is 0 Å². The lowest BCUT2D eigenvalue weighted by Crippen LogP contribution is -2.33. The van der Waals surface area contributed by atoms with Crippen molar-refractivity contribution >= 4 is 0 Å². The Kier molecular flexibility index (Phi) is 4.65. The molecule has 1 aromatic rings. The molecular weight excluding hydrogens is 195 g/mol. The fourth-order valence-electron chi connectivity index (χ4n) is 1.41.